The topological polar surface area (TPSA) is 12.0 Å². The lowest BCUT2D eigenvalue weighted by molar-refractivity contribution is 0.515. The van der Waals surface area contributed by atoms with Crippen molar-refractivity contribution in [2.75, 3.05) is 6.54 Å². The molecule has 1 rings (SSSR count). The summed E-state index contributed by atoms with van der Waals surface area (Å²) in [6.07, 6.45) is 1.94. The summed E-state index contributed by atoms with van der Waals surface area (Å²) in [5.41, 5.74) is 2.18. The van der Waals surface area contributed by atoms with Crippen LogP contribution >= 0.6 is 23.2 Å². The van der Waals surface area contributed by atoms with Gasteiger partial charge < -0.3 is 5.32 Å². The zero-order valence-electron chi connectivity index (χ0n) is 10.4. The van der Waals surface area contributed by atoms with Gasteiger partial charge in [-0.3, -0.25) is 0 Å². The Hall–Kier alpha value is -0.500. The van der Waals surface area contributed by atoms with E-state index in [-0.39, 0.29) is 6.04 Å². The highest BCUT2D eigenvalue weighted by Crippen LogP contribution is 2.33. The van der Waals surface area contributed by atoms with E-state index in [2.05, 4.69) is 18.8 Å². The molecule has 3 heteroatoms. The average molecular weight is 272 g/mol. The molecule has 1 unspecified atom stereocenters. The van der Waals surface area contributed by atoms with E-state index in [4.69, 9.17) is 23.2 Å². The first kappa shape index (κ1) is 14.6. The molecule has 0 aliphatic heterocycles. The molecular formula is C14H19Cl2N. The number of benzene rings is 1. The quantitative estimate of drug-likeness (QED) is 0.718. The Morgan fingerprint density at radius 1 is 1.35 bits per heavy atom. The van der Waals surface area contributed by atoms with Gasteiger partial charge in [-0.05, 0) is 38.4 Å². The van der Waals surface area contributed by atoms with Gasteiger partial charge in [-0.2, -0.15) is 0 Å². The normalized spacial score (nSPS) is 12.5. The van der Waals surface area contributed by atoms with Crippen molar-refractivity contribution < 1.29 is 0 Å². The van der Waals surface area contributed by atoms with Crippen LogP contribution in [0.1, 0.15) is 38.3 Å². The molecule has 1 nitrogen and oxygen atoms in total. The van der Waals surface area contributed by atoms with Crippen LogP contribution in [0.3, 0.4) is 0 Å². The Morgan fingerprint density at radius 2 is 1.94 bits per heavy atom. The molecule has 0 aromatic heterocycles. The first-order chi connectivity index (χ1) is 8.06. The van der Waals surface area contributed by atoms with Crippen LogP contribution in [0.2, 0.25) is 10.0 Å². The zero-order valence-corrected chi connectivity index (χ0v) is 11.9. The second-order valence-electron chi connectivity index (χ2n) is 4.24. The maximum atomic E-state index is 6.23. The summed E-state index contributed by atoms with van der Waals surface area (Å²) >= 11 is 12.5. The molecule has 0 aliphatic carbocycles. The number of hydrogen-bond acceptors (Lipinski definition) is 1. The van der Waals surface area contributed by atoms with E-state index in [0.717, 1.165) is 35.0 Å². The van der Waals surface area contributed by atoms with E-state index >= 15 is 0 Å². The fourth-order valence-electron chi connectivity index (χ4n) is 1.83. The minimum absolute atomic E-state index is 0.192. The second-order valence-corrected chi connectivity index (χ2v) is 5.06. The maximum absolute atomic E-state index is 6.23. The van der Waals surface area contributed by atoms with Gasteiger partial charge >= 0.3 is 0 Å². The van der Waals surface area contributed by atoms with Crippen LogP contribution in [0.4, 0.5) is 0 Å². The zero-order chi connectivity index (χ0) is 12.8. The predicted molar refractivity (Wildman–Crippen MR) is 76.9 cm³/mol. The number of allylic oxidation sites excluding steroid dienone is 1. The highest BCUT2D eigenvalue weighted by Gasteiger charge is 2.16. The van der Waals surface area contributed by atoms with Crippen molar-refractivity contribution in [2.24, 2.45) is 0 Å². The van der Waals surface area contributed by atoms with Crippen LogP contribution < -0.4 is 5.32 Å². The molecule has 0 heterocycles. The molecule has 94 valence electrons. The van der Waals surface area contributed by atoms with Crippen LogP contribution in [0.15, 0.2) is 30.4 Å². The lowest BCUT2D eigenvalue weighted by Crippen LogP contribution is -2.21. The molecule has 0 spiro atoms. The van der Waals surface area contributed by atoms with Crippen LogP contribution in [0, 0.1) is 0 Å². The maximum Gasteiger partial charge on any atom is 0.0468 e. The SMILES string of the molecule is C=C(C)CCC(NCC)c1c(Cl)cccc1Cl. The van der Waals surface area contributed by atoms with E-state index in [1.165, 1.54) is 5.57 Å². The van der Waals surface area contributed by atoms with Crippen LogP contribution in [0.5, 0.6) is 0 Å². The predicted octanol–water partition coefficient (Wildman–Crippen LogP) is 5.00. The molecule has 1 aromatic carbocycles. The molecule has 0 bridgehead atoms. The Balaban J connectivity index is 2.92. The summed E-state index contributed by atoms with van der Waals surface area (Å²) in [5, 5.41) is 4.88. The van der Waals surface area contributed by atoms with Gasteiger partial charge in [0, 0.05) is 21.7 Å². The summed E-state index contributed by atoms with van der Waals surface area (Å²) < 4.78 is 0. The number of rotatable bonds is 6. The smallest absolute Gasteiger partial charge is 0.0468 e. The third kappa shape index (κ3) is 4.34. The molecule has 0 saturated heterocycles. The van der Waals surface area contributed by atoms with E-state index in [1.807, 2.05) is 25.1 Å². The third-order valence-corrected chi connectivity index (χ3v) is 3.32. The van der Waals surface area contributed by atoms with Gasteiger partial charge in [-0.15, -0.1) is 6.58 Å². The van der Waals surface area contributed by atoms with Crippen molar-refractivity contribution in [3.8, 4) is 0 Å². The van der Waals surface area contributed by atoms with Gasteiger partial charge in [0.2, 0.25) is 0 Å². The molecule has 1 aromatic rings. The molecule has 0 amide bonds. The highest BCUT2D eigenvalue weighted by atomic mass is 35.5. The Morgan fingerprint density at radius 3 is 2.41 bits per heavy atom. The van der Waals surface area contributed by atoms with Gasteiger partial charge in [0.05, 0.1) is 0 Å². The first-order valence-electron chi connectivity index (χ1n) is 5.88. The molecule has 0 aliphatic rings. The van der Waals surface area contributed by atoms with Gasteiger partial charge in [0.1, 0.15) is 0 Å². The fraction of sp³-hybridized carbons (Fsp3) is 0.429. The Kier molecular flexibility index (Phi) is 6.04. The van der Waals surface area contributed by atoms with Crippen LogP contribution in [-0.2, 0) is 0 Å². The molecular weight excluding hydrogens is 253 g/mol. The molecule has 0 radical (unpaired) electrons. The monoisotopic (exact) mass is 271 g/mol. The van der Waals surface area contributed by atoms with Crippen molar-refractivity contribution in [3.05, 3.63) is 46.0 Å². The van der Waals surface area contributed by atoms with E-state index in [1.54, 1.807) is 0 Å². The van der Waals surface area contributed by atoms with E-state index in [0.29, 0.717) is 0 Å². The van der Waals surface area contributed by atoms with Crippen molar-refractivity contribution in [2.45, 2.75) is 32.7 Å². The van der Waals surface area contributed by atoms with Gasteiger partial charge in [-0.25, -0.2) is 0 Å². The van der Waals surface area contributed by atoms with Crippen molar-refractivity contribution >= 4 is 23.2 Å². The minimum Gasteiger partial charge on any atom is -0.310 e. The van der Waals surface area contributed by atoms with Gasteiger partial charge in [0.25, 0.3) is 0 Å². The Labute approximate surface area is 114 Å². The summed E-state index contributed by atoms with van der Waals surface area (Å²) in [6, 6.07) is 5.83. The van der Waals surface area contributed by atoms with Crippen LogP contribution in [0.25, 0.3) is 0 Å². The third-order valence-electron chi connectivity index (χ3n) is 2.66. The standard InChI is InChI=1S/C14H19Cl2N/c1-4-17-13(9-8-10(2)3)14-11(15)6-5-7-12(14)16/h5-7,13,17H,2,4,8-9H2,1,3H3. The number of halogens is 2. The molecule has 0 saturated carbocycles. The average Bonchev–Trinajstić information content (AvgIpc) is 2.25. The second kappa shape index (κ2) is 7.05. The number of hydrogen-bond donors (Lipinski definition) is 1. The molecule has 1 N–H and O–H groups in total. The van der Waals surface area contributed by atoms with Crippen molar-refractivity contribution in [3.63, 3.8) is 0 Å². The summed E-state index contributed by atoms with van der Waals surface area (Å²) in [7, 11) is 0. The lowest BCUT2D eigenvalue weighted by Gasteiger charge is -2.21. The number of nitrogens with one attached hydrogen (secondary N) is 1. The largest absolute Gasteiger partial charge is 0.310 e. The van der Waals surface area contributed by atoms with E-state index in [9.17, 15) is 0 Å². The molecule has 17 heavy (non-hydrogen) atoms. The van der Waals surface area contributed by atoms with Gasteiger partial charge in [0.15, 0.2) is 0 Å². The summed E-state index contributed by atoms with van der Waals surface area (Å²) in [4.78, 5) is 0. The molecule has 0 fully saturated rings. The van der Waals surface area contributed by atoms with Crippen molar-refractivity contribution in [1.82, 2.24) is 5.32 Å². The van der Waals surface area contributed by atoms with Crippen molar-refractivity contribution in [1.29, 1.82) is 0 Å². The first-order valence-corrected chi connectivity index (χ1v) is 6.63. The minimum atomic E-state index is 0.192. The fourth-order valence-corrected chi connectivity index (χ4v) is 2.49. The van der Waals surface area contributed by atoms with E-state index < -0.39 is 0 Å². The molecule has 1 atom stereocenters. The highest BCUT2D eigenvalue weighted by molar-refractivity contribution is 6.36. The Bertz CT molecular complexity index is 368. The lowest BCUT2D eigenvalue weighted by atomic mass is 9.99. The van der Waals surface area contributed by atoms with Gasteiger partial charge in [-0.1, -0.05) is 41.8 Å². The summed E-state index contributed by atoms with van der Waals surface area (Å²) in [5.74, 6) is 0. The summed E-state index contributed by atoms with van der Waals surface area (Å²) in [6.45, 7) is 8.94. The van der Waals surface area contributed by atoms with Crippen LogP contribution in [-0.4, -0.2) is 6.54 Å².